The van der Waals surface area contributed by atoms with Gasteiger partial charge in [0.2, 0.25) is 0 Å². The normalized spacial score (nSPS) is 23.1. The Labute approximate surface area is 140 Å². The van der Waals surface area contributed by atoms with Crippen LogP contribution in [0.5, 0.6) is 0 Å². The fourth-order valence-corrected chi connectivity index (χ4v) is 3.28. The lowest BCUT2D eigenvalue weighted by Crippen LogP contribution is -2.60. The van der Waals surface area contributed by atoms with Crippen LogP contribution in [0.1, 0.15) is 40.5 Å². The summed E-state index contributed by atoms with van der Waals surface area (Å²) in [4.78, 5) is 0. The molecule has 0 aromatic carbocycles. The average molecular weight is 332 g/mol. The molecule has 0 spiro atoms. The van der Waals surface area contributed by atoms with Gasteiger partial charge in [-0.1, -0.05) is 0 Å². The summed E-state index contributed by atoms with van der Waals surface area (Å²) in [6, 6.07) is 0. The van der Waals surface area contributed by atoms with Crippen LogP contribution in [0.4, 0.5) is 0 Å². The van der Waals surface area contributed by atoms with Crippen LogP contribution in [-0.2, 0) is 4.74 Å². The lowest BCUT2D eigenvalue weighted by atomic mass is 9.80. The predicted octanol–water partition coefficient (Wildman–Crippen LogP) is -0.0874. The molecule has 23 heavy (non-hydrogen) atoms. The van der Waals surface area contributed by atoms with Crippen molar-refractivity contribution in [1.82, 2.24) is 15.7 Å². The first-order chi connectivity index (χ1) is 10.7. The van der Waals surface area contributed by atoms with Crippen molar-refractivity contribution in [3.63, 3.8) is 0 Å². The summed E-state index contributed by atoms with van der Waals surface area (Å²) in [6.07, 6.45) is 1.01. The number of hydrogen-bond acceptors (Lipinski definition) is 7. The summed E-state index contributed by atoms with van der Waals surface area (Å²) in [5, 5.41) is 28.1. The molecule has 1 heterocycles. The molecule has 7 nitrogen and oxygen atoms in total. The van der Waals surface area contributed by atoms with Gasteiger partial charge in [-0.25, -0.2) is 0 Å². The van der Waals surface area contributed by atoms with Crippen LogP contribution in [-0.4, -0.2) is 78.0 Å². The van der Waals surface area contributed by atoms with Gasteiger partial charge in [0.25, 0.3) is 0 Å². The van der Waals surface area contributed by atoms with Gasteiger partial charge in [-0.15, -0.1) is 0 Å². The van der Waals surface area contributed by atoms with E-state index < -0.39 is 6.10 Å². The van der Waals surface area contributed by atoms with Crippen LogP contribution < -0.4 is 16.4 Å². The first kappa shape index (κ1) is 20.8. The highest BCUT2D eigenvalue weighted by molar-refractivity contribution is 4.96. The Morgan fingerprint density at radius 3 is 2.26 bits per heavy atom. The van der Waals surface area contributed by atoms with Crippen LogP contribution in [0.25, 0.3) is 0 Å². The van der Waals surface area contributed by atoms with E-state index in [1.807, 2.05) is 27.7 Å². The number of nitrogens with one attached hydrogen (secondary N) is 2. The number of rotatable bonds is 10. The molecular weight excluding hydrogens is 296 g/mol. The number of aliphatic hydroxyl groups is 1. The molecular formula is C16H36N4O3. The van der Waals surface area contributed by atoms with Crippen molar-refractivity contribution in [2.45, 2.75) is 63.8 Å². The minimum atomic E-state index is -0.525. The molecule has 0 radical (unpaired) electrons. The average Bonchev–Trinajstić information content (AvgIpc) is 2.45. The number of aliphatic hydroxyl groups excluding tert-OH is 1. The standard InChI is InChI=1S/C16H36N4O3/c1-15(2)9-14(10-16(3,4)20(15)22)23-12-13(21)11-19-8-7-18-6-5-17/h13-14,18-19,21-22H,5-12,17H2,1-4H3. The highest BCUT2D eigenvalue weighted by atomic mass is 16.5. The highest BCUT2D eigenvalue weighted by Crippen LogP contribution is 2.37. The Morgan fingerprint density at radius 2 is 1.70 bits per heavy atom. The van der Waals surface area contributed by atoms with Gasteiger partial charge in [0.15, 0.2) is 0 Å². The monoisotopic (exact) mass is 332 g/mol. The molecule has 0 bridgehead atoms. The van der Waals surface area contributed by atoms with E-state index in [1.165, 1.54) is 5.06 Å². The highest BCUT2D eigenvalue weighted by Gasteiger charge is 2.45. The number of hydroxylamine groups is 2. The first-order valence-corrected chi connectivity index (χ1v) is 8.59. The summed E-state index contributed by atoms with van der Waals surface area (Å²) >= 11 is 0. The smallest absolute Gasteiger partial charge is 0.0897 e. The molecule has 1 unspecified atom stereocenters. The number of hydrogen-bond donors (Lipinski definition) is 5. The van der Waals surface area contributed by atoms with E-state index in [2.05, 4.69) is 10.6 Å². The molecule has 0 amide bonds. The Bertz CT molecular complexity index is 321. The first-order valence-electron chi connectivity index (χ1n) is 8.59. The van der Waals surface area contributed by atoms with E-state index >= 15 is 0 Å². The van der Waals surface area contributed by atoms with Crippen LogP contribution in [0.2, 0.25) is 0 Å². The summed E-state index contributed by atoms with van der Waals surface area (Å²) in [5.41, 5.74) is 4.73. The lowest BCUT2D eigenvalue weighted by Gasteiger charge is -2.51. The van der Waals surface area contributed by atoms with Crippen LogP contribution in [0.3, 0.4) is 0 Å². The van der Waals surface area contributed by atoms with Crippen LogP contribution in [0.15, 0.2) is 0 Å². The maximum atomic E-state index is 10.3. The van der Waals surface area contributed by atoms with Gasteiger partial charge in [0, 0.05) is 43.8 Å². The minimum Gasteiger partial charge on any atom is -0.389 e. The quantitative estimate of drug-likeness (QED) is 0.356. The van der Waals surface area contributed by atoms with Gasteiger partial charge in [-0.2, -0.15) is 5.06 Å². The second-order valence-corrected chi connectivity index (χ2v) is 7.70. The molecule has 1 aliphatic heterocycles. The number of ether oxygens (including phenoxy) is 1. The summed E-state index contributed by atoms with van der Waals surface area (Å²) in [5.74, 6) is 0. The number of piperidine rings is 1. The Morgan fingerprint density at radius 1 is 1.13 bits per heavy atom. The maximum Gasteiger partial charge on any atom is 0.0897 e. The second kappa shape index (κ2) is 9.27. The van der Waals surface area contributed by atoms with Crippen molar-refractivity contribution < 1.29 is 15.1 Å². The third kappa shape index (κ3) is 7.01. The van der Waals surface area contributed by atoms with Crippen molar-refractivity contribution in [3.8, 4) is 0 Å². The lowest BCUT2D eigenvalue weighted by molar-refractivity contribution is -0.262. The summed E-state index contributed by atoms with van der Waals surface area (Å²) in [6.45, 7) is 11.9. The molecule has 0 aromatic rings. The van der Waals surface area contributed by atoms with E-state index in [-0.39, 0.29) is 17.2 Å². The third-order valence-corrected chi connectivity index (χ3v) is 4.31. The predicted molar refractivity (Wildman–Crippen MR) is 91.6 cm³/mol. The molecule has 0 aliphatic carbocycles. The van der Waals surface area contributed by atoms with Gasteiger partial charge in [0.05, 0.1) is 18.8 Å². The molecule has 1 aliphatic rings. The molecule has 1 fully saturated rings. The Kier molecular flexibility index (Phi) is 8.37. The Balaban J connectivity index is 2.24. The molecule has 0 saturated carbocycles. The van der Waals surface area contributed by atoms with E-state index in [4.69, 9.17) is 10.5 Å². The van der Waals surface area contributed by atoms with Crippen molar-refractivity contribution in [3.05, 3.63) is 0 Å². The molecule has 1 rings (SSSR count). The zero-order valence-corrected chi connectivity index (χ0v) is 15.1. The minimum absolute atomic E-state index is 0.0456. The van der Waals surface area contributed by atoms with Crippen molar-refractivity contribution in [1.29, 1.82) is 0 Å². The van der Waals surface area contributed by atoms with Gasteiger partial charge >= 0.3 is 0 Å². The molecule has 6 N–H and O–H groups in total. The van der Waals surface area contributed by atoms with Crippen molar-refractivity contribution >= 4 is 0 Å². The fraction of sp³-hybridized carbons (Fsp3) is 1.00. The zero-order chi connectivity index (χ0) is 17.5. The van der Waals surface area contributed by atoms with E-state index in [0.29, 0.717) is 19.7 Å². The largest absolute Gasteiger partial charge is 0.389 e. The molecule has 1 saturated heterocycles. The van der Waals surface area contributed by atoms with Crippen LogP contribution in [0, 0.1) is 0 Å². The van der Waals surface area contributed by atoms with Gasteiger partial charge < -0.3 is 31.4 Å². The maximum absolute atomic E-state index is 10.3. The van der Waals surface area contributed by atoms with E-state index in [0.717, 1.165) is 32.5 Å². The zero-order valence-electron chi connectivity index (χ0n) is 15.1. The topological polar surface area (TPSA) is 103 Å². The second-order valence-electron chi connectivity index (χ2n) is 7.70. The third-order valence-electron chi connectivity index (χ3n) is 4.31. The fourth-order valence-electron chi connectivity index (χ4n) is 3.28. The Hall–Kier alpha value is -0.280. The van der Waals surface area contributed by atoms with Crippen LogP contribution >= 0.6 is 0 Å². The molecule has 0 aromatic heterocycles. The van der Waals surface area contributed by atoms with Gasteiger partial charge in [-0.05, 0) is 40.5 Å². The van der Waals surface area contributed by atoms with E-state index in [9.17, 15) is 10.3 Å². The molecule has 138 valence electrons. The van der Waals surface area contributed by atoms with Crippen molar-refractivity contribution in [2.75, 3.05) is 39.3 Å². The SMILES string of the molecule is CC1(C)CC(OCC(O)CNCCNCCN)CC(C)(C)N1O. The number of nitrogens with two attached hydrogens (primary N) is 1. The summed E-state index contributed by atoms with van der Waals surface area (Å²) < 4.78 is 5.90. The number of nitrogens with zero attached hydrogens (tertiary/aromatic N) is 1. The van der Waals surface area contributed by atoms with Crippen molar-refractivity contribution in [2.24, 2.45) is 5.73 Å². The van der Waals surface area contributed by atoms with Gasteiger partial charge in [-0.3, -0.25) is 0 Å². The summed E-state index contributed by atoms with van der Waals surface area (Å²) in [7, 11) is 0. The molecule has 7 heteroatoms. The van der Waals surface area contributed by atoms with E-state index in [1.54, 1.807) is 0 Å². The van der Waals surface area contributed by atoms with Gasteiger partial charge in [0.1, 0.15) is 0 Å². The molecule has 1 atom stereocenters.